The SMILES string of the molecule is NC(=O)c1cc2c(nc1N1CC[C@@H](c3ccc4ccccc4c3)[C@H](O)C1)CCC2. The summed E-state index contributed by atoms with van der Waals surface area (Å²) in [5.74, 6) is 0.254. The van der Waals surface area contributed by atoms with Crippen LogP contribution in [0.2, 0.25) is 0 Å². The van der Waals surface area contributed by atoms with Crippen molar-refractivity contribution in [3.8, 4) is 0 Å². The predicted octanol–water partition coefficient (Wildman–Crippen LogP) is 3.18. The molecule has 0 radical (unpaired) electrons. The lowest BCUT2D eigenvalue weighted by Crippen LogP contribution is -2.44. The Morgan fingerprint density at radius 3 is 2.72 bits per heavy atom. The number of nitrogens with zero attached hydrogens (tertiary/aromatic N) is 2. The Labute approximate surface area is 170 Å². The fraction of sp³-hybridized carbons (Fsp3) is 0.333. The summed E-state index contributed by atoms with van der Waals surface area (Å²) < 4.78 is 0. The summed E-state index contributed by atoms with van der Waals surface area (Å²) in [5.41, 5.74) is 9.49. The van der Waals surface area contributed by atoms with E-state index in [9.17, 15) is 9.90 Å². The van der Waals surface area contributed by atoms with Crippen molar-refractivity contribution in [1.82, 2.24) is 4.98 Å². The van der Waals surface area contributed by atoms with Gasteiger partial charge >= 0.3 is 0 Å². The summed E-state index contributed by atoms with van der Waals surface area (Å²) >= 11 is 0. The van der Waals surface area contributed by atoms with Gasteiger partial charge in [-0.25, -0.2) is 4.98 Å². The number of aryl methyl sites for hydroxylation is 2. The van der Waals surface area contributed by atoms with Crippen molar-refractivity contribution in [3.05, 3.63) is 70.9 Å². The lowest BCUT2D eigenvalue weighted by atomic mass is 9.86. The lowest BCUT2D eigenvalue weighted by Gasteiger charge is -2.37. The van der Waals surface area contributed by atoms with Crippen LogP contribution in [0.4, 0.5) is 5.82 Å². The molecule has 5 rings (SSSR count). The van der Waals surface area contributed by atoms with E-state index in [0.29, 0.717) is 17.9 Å². The Kier molecular flexibility index (Phi) is 4.47. The third kappa shape index (κ3) is 3.25. The molecule has 1 amide bonds. The van der Waals surface area contributed by atoms with Crippen LogP contribution in [0.25, 0.3) is 10.8 Å². The molecule has 2 atom stereocenters. The smallest absolute Gasteiger partial charge is 0.252 e. The number of aromatic nitrogens is 1. The van der Waals surface area contributed by atoms with Crippen molar-refractivity contribution in [2.75, 3.05) is 18.0 Å². The first-order valence-corrected chi connectivity index (χ1v) is 10.3. The molecule has 5 nitrogen and oxygen atoms in total. The molecular formula is C24H25N3O2. The number of β-amino-alcohol motifs (C(OH)–C–C–N with tert-alkyl or cyclic N) is 1. The van der Waals surface area contributed by atoms with E-state index in [0.717, 1.165) is 49.0 Å². The number of amides is 1. The first kappa shape index (κ1) is 18.1. The summed E-state index contributed by atoms with van der Waals surface area (Å²) in [6, 6.07) is 16.6. The number of fused-ring (bicyclic) bond motifs is 2. The van der Waals surface area contributed by atoms with Gasteiger partial charge in [0.05, 0.1) is 11.7 Å². The molecule has 2 aromatic carbocycles. The monoisotopic (exact) mass is 387 g/mol. The van der Waals surface area contributed by atoms with E-state index in [2.05, 4.69) is 30.3 Å². The van der Waals surface area contributed by atoms with Crippen LogP contribution in [0.1, 0.15) is 45.9 Å². The van der Waals surface area contributed by atoms with Gasteiger partial charge in [-0.15, -0.1) is 0 Å². The molecule has 2 aliphatic rings. The molecule has 1 saturated heterocycles. The number of pyridine rings is 1. The maximum Gasteiger partial charge on any atom is 0.252 e. The topological polar surface area (TPSA) is 79.5 Å². The van der Waals surface area contributed by atoms with Crippen molar-refractivity contribution in [2.45, 2.75) is 37.7 Å². The molecule has 1 aromatic heterocycles. The summed E-state index contributed by atoms with van der Waals surface area (Å²) in [6.07, 6.45) is 3.24. The quantitative estimate of drug-likeness (QED) is 0.723. The summed E-state index contributed by atoms with van der Waals surface area (Å²) in [4.78, 5) is 18.9. The van der Waals surface area contributed by atoms with Crippen molar-refractivity contribution < 1.29 is 9.90 Å². The van der Waals surface area contributed by atoms with Gasteiger partial charge in [-0.3, -0.25) is 4.79 Å². The molecular weight excluding hydrogens is 362 g/mol. The van der Waals surface area contributed by atoms with Gasteiger partial charge in [0.15, 0.2) is 0 Å². The van der Waals surface area contributed by atoms with Crippen molar-refractivity contribution in [1.29, 1.82) is 0 Å². The maximum absolute atomic E-state index is 12.0. The first-order chi connectivity index (χ1) is 14.1. The van der Waals surface area contributed by atoms with Crippen LogP contribution in [0.15, 0.2) is 48.5 Å². The Hall–Kier alpha value is -2.92. The number of carbonyl (C=O) groups excluding carboxylic acids is 1. The van der Waals surface area contributed by atoms with Gasteiger partial charge < -0.3 is 15.7 Å². The number of rotatable bonds is 3. The molecule has 1 aliphatic heterocycles. The zero-order chi connectivity index (χ0) is 20.0. The molecule has 0 bridgehead atoms. The number of aliphatic hydroxyl groups is 1. The third-order valence-electron chi connectivity index (χ3n) is 6.38. The fourth-order valence-electron chi connectivity index (χ4n) is 4.83. The Morgan fingerprint density at radius 2 is 1.93 bits per heavy atom. The van der Waals surface area contributed by atoms with Crippen molar-refractivity contribution in [2.24, 2.45) is 5.73 Å². The van der Waals surface area contributed by atoms with Gasteiger partial charge in [0.25, 0.3) is 5.91 Å². The van der Waals surface area contributed by atoms with Gasteiger partial charge in [0, 0.05) is 24.7 Å². The van der Waals surface area contributed by atoms with Crippen LogP contribution in [-0.2, 0) is 12.8 Å². The number of hydrogen-bond acceptors (Lipinski definition) is 4. The molecule has 1 aliphatic carbocycles. The van der Waals surface area contributed by atoms with Crippen LogP contribution in [0.3, 0.4) is 0 Å². The van der Waals surface area contributed by atoms with Gasteiger partial charge in [-0.2, -0.15) is 0 Å². The Bertz CT molecular complexity index is 1090. The zero-order valence-corrected chi connectivity index (χ0v) is 16.3. The molecule has 0 saturated carbocycles. The standard InChI is InChI=1S/C24H25N3O2/c25-23(29)20-13-18-6-3-7-21(18)26-24(20)27-11-10-19(22(28)14-27)17-9-8-15-4-1-2-5-16(15)12-17/h1-2,4-5,8-9,12-13,19,22,28H,3,6-7,10-11,14H2,(H2,25,29)/t19-,22+/m0/s1. The van der Waals surface area contributed by atoms with Gasteiger partial charge in [0.1, 0.15) is 5.82 Å². The average Bonchev–Trinajstić information content (AvgIpc) is 3.20. The molecule has 5 heteroatoms. The minimum atomic E-state index is -0.527. The number of piperidine rings is 1. The van der Waals surface area contributed by atoms with Crippen LogP contribution in [-0.4, -0.2) is 35.2 Å². The summed E-state index contributed by atoms with van der Waals surface area (Å²) in [5, 5.41) is 13.4. The van der Waals surface area contributed by atoms with Crippen LogP contribution >= 0.6 is 0 Å². The van der Waals surface area contributed by atoms with E-state index in [-0.39, 0.29) is 5.92 Å². The predicted molar refractivity (Wildman–Crippen MR) is 114 cm³/mol. The Balaban J connectivity index is 1.42. The molecule has 2 heterocycles. The maximum atomic E-state index is 12.0. The minimum absolute atomic E-state index is 0.0716. The molecule has 0 unspecified atom stereocenters. The largest absolute Gasteiger partial charge is 0.391 e. The number of anilines is 1. The van der Waals surface area contributed by atoms with E-state index in [1.165, 1.54) is 10.8 Å². The van der Waals surface area contributed by atoms with Crippen LogP contribution in [0.5, 0.6) is 0 Å². The van der Waals surface area contributed by atoms with Crippen LogP contribution in [0, 0.1) is 0 Å². The summed E-state index contributed by atoms with van der Waals surface area (Å²) in [7, 11) is 0. The highest BCUT2D eigenvalue weighted by molar-refractivity contribution is 5.98. The average molecular weight is 387 g/mol. The molecule has 29 heavy (non-hydrogen) atoms. The van der Waals surface area contributed by atoms with Crippen molar-refractivity contribution in [3.63, 3.8) is 0 Å². The number of carbonyl (C=O) groups is 1. The highest BCUT2D eigenvalue weighted by Crippen LogP contribution is 2.34. The second-order valence-corrected chi connectivity index (χ2v) is 8.20. The molecule has 0 spiro atoms. The summed E-state index contributed by atoms with van der Waals surface area (Å²) in [6.45, 7) is 1.18. The number of benzene rings is 2. The highest BCUT2D eigenvalue weighted by atomic mass is 16.3. The van der Waals surface area contributed by atoms with E-state index in [1.54, 1.807) is 0 Å². The number of nitrogens with two attached hydrogens (primary N) is 1. The lowest BCUT2D eigenvalue weighted by molar-refractivity contribution is 0.0998. The Morgan fingerprint density at radius 1 is 1.10 bits per heavy atom. The highest BCUT2D eigenvalue weighted by Gasteiger charge is 2.32. The van der Waals surface area contributed by atoms with Gasteiger partial charge in [-0.05, 0) is 53.6 Å². The van der Waals surface area contributed by atoms with Gasteiger partial charge in [0.2, 0.25) is 0 Å². The number of aliphatic hydroxyl groups excluding tert-OH is 1. The molecule has 3 aromatic rings. The van der Waals surface area contributed by atoms with Crippen molar-refractivity contribution >= 4 is 22.5 Å². The van der Waals surface area contributed by atoms with E-state index >= 15 is 0 Å². The number of hydrogen-bond donors (Lipinski definition) is 2. The molecule has 148 valence electrons. The minimum Gasteiger partial charge on any atom is -0.391 e. The number of primary amides is 1. The van der Waals surface area contributed by atoms with E-state index in [4.69, 9.17) is 10.7 Å². The van der Waals surface area contributed by atoms with E-state index < -0.39 is 12.0 Å². The zero-order valence-electron chi connectivity index (χ0n) is 16.3. The van der Waals surface area contributed by atoms with Crippen LogP contribution < -0.4 is 10.6 Å². The van der Waals surface area contributed by atoms with Gasteiger partial charge in [-0.1, -0.05) is 42.5 Å². The normalized spacial score (nSPS) is 21.3. The second-order valence-electron chi connectivity index (χ2n) is 8.20. The third-order valence-corrected chi connectivity index (χ3v) is 6.38. The molecule has 3 N–H and O–H groups in total. The fourth-order valence-corrected chi connectivity index (χ4v) is 4.83. The second kappa shape index (κ2) is 7.16. The molecule has 1 fully saturated rings. The van der Waals surface area contributed by atoms with E-state index in [1.807, 2.05) is 23.1 Å². The first-order valence-electron chi connectivity index (χ1n) is 10.3.